The lowest BCUT2D eigenvalue weighted by Crippen LogP contribution is -2.39. The summed E-state index contributed by atoms with van der Waals surface area (Å²) in [5, 5.41) is 11.0. The molecule has 1 heterocycles. The maximum atomic E-state index is 12.3. The largest absolute Gasteiger partial charge is 0.325 e. The Hall–Kier alpha value is -2.21. The predicted octanol–water partition coefficient (Wildman–Crippen LogP) is 2.15. The molecule has 6 nitrogen and oxygen atoms in total. The lowest BCUT2D eigenvalue weighted by molar-refractivity contribution is -0.120. The van der Waals surface area contributed by atoms with Crippen molar-refractivity contribution in [3.05, 3.63) is 42.5 Å². The van der Waals surface area contributed by atoms with Crippen molar-refractivity contribution in [2.24, 2.45) is 0 Å². The van der Waals surface area contributed by atoms with Crippen LogP contribution in [-0.4, -0.2) is 38.7 Å². The minimum atomic E-state index is -0.257. The molecule has 0 bridgehead atoms. The topological polar surface area (TPSA) is 63.1 Å². The number of hydrogen-bond donors (Lipinski definition) is 1. The van der Waals surface area contributed by atoms with Gasteiger partial charge < -0.3 is 9.88 Å². The molecule has 0 spiro atoms. The number of carbonyl (C=O) groups is 1. The number of benzene rings is 1. The summed E-state index contributed by atoms with van der Waals surface area (Å²) in [6, 6.07) is 9.22. The van der Waals surface area contributed by atoms with Crippen molar-refractivity contribution in [2.75, 3.05) is 12.4 Å². The van der Waals surface area contributed by atoms with Crippen LogP contribution in [0.5, 0.6) is 0 Å². The van der Waals surface area contributed by atoms with Crippen LogP contribution in [0.1, 0.15) is 26.1 Å². The molecule has 0 saturated carbocycles. The Morgan fingerprint density at radius 3 is 2.77 bits per heavy atom. The van der Waals surface area contributed by atoms with Crippen LogP contribution in [-0.2, 0) is 17.9 Å². The number of nitrogens with zero attached hydrogens (tertiary/aromatic N) is 4. The number of rotatable bonds is 7. The Morgan fingerprint density at radius 2 is 2.09 bits per heavy atom. The third-order valence-electron chi connectivity index (χ3n) is 3.63. The van der Waals surface area contributed by atoms with E-state index in [0.29, 0.717) is 6.54 Å². The molecule has 1 amide bonds. The van der Waals surface area contributed by atoms with Gasteiger partial charge in [0.05, 0.1) is 12.6 Å². The molecule has 2 rings (SSSR count). The third kappa shape index (κ3) is 4.14. The van der Waals surface area contributed by atoms with Gasteiger partial charge in [-0.15, -0.1) is 10.2 Å². The average Bonchev–Trinajstić information content (AvgIpc) is 2.95. The first kappa shape index (κ1) is 16.2. The van der Waals surface area contributed by atoms with Crippen molar-refractivity contribution in [2.45, 2.75) is 39.4 Å². The quantitative estimate of drug-likeness (QED) is 0.851. The smallest absolute Gasteiger partial charge is 0.241 e. The average molecular weight is 301 g/mol. The Bertz CT molecular complexity index is 596. The van der Waals surface area contributed by atoms with Gasteiger partial charge in [0.15, 0.2) is 0 Å². The van der Waals surface area contributed by atoms with E-state index in [1.807, 2.05) is 53.8 Å². The number of hydrogen-bond acceptors (Lipinski definition) is 4. The number of amides is 1. The summed E-state index contributed by atoms with van der Waals surface area (Å²) in [5.74, 6) is 0.846. The van der Waals surface area contributed by atoms with E-state index in [1.165, 1.54) is 0 Å². The molecule has 22 heavy (non-hydrogen) atoms. The van der Waals surface area contributed by atoms with Crippen LogP contribution in [0, 0.1) is 0 Å². The molecule has 0 unspecified atom stereocenters. The summed E-state index contributed by atoms with van der Waals surface area (Å²) < 4.78 is 2.03. The van der Waals surface area contributed by atoms with Crippen molar-refractivity contribution in [3.8, 4) is 0 Å². The molecular formula is C16H23N5O. The van der Waals surface area contributed by atoms with Crippen LogP contribution in [0.25, 0.3) is 0 Å². The molecule has 0 radical (unpaired) electrons. The fourth-order valence-electron chi connectivity index (χ4n) is 2.16. The van der Waals surface area contributed by atoms with E-state index in [9.17, 15) is 4.79 Å². The van der Waals surface area contributed by atoms with Gasteiger partial charge in [0.2, 0.25) is 5.91 Å². The number of aromatic nitrogens is 3. The minimum absolute atomic E-state index is 0.0322. The van der Waals surface area contributed by atoms with Gasteiger partial charge in [-0.2, -0.15) is 0 Å². The van der Waals surface area contributed by atoms with Gasteiger partial charge in [-0.1, -0.05) is 25.1 Å². The Morgan fingerprint density at radius 1 is 1.36 bits per heavy atom. The summed E-state index contributed by atoms with van der Waals surface area (Å²) in [7, 11) is 1.92. The van der Waals surface area contributed by atoms with Crippen molar-refractivity contribution in [1.82, 2.24) is 19.7 Å². The summed E-state index contributed by atoms with van der Waals surface area (Å²) in [6.45, 7) is 5.48. The first-order valence-electron chi connectivity index (χ1n) is 7.54. The highest BCUT2D eigenvalue weighted by Crippen LogP contribution is 2.09. The van der Waals surface area contributed by atoms with E-state index in [2.05, 4.69) is 22.4 Å². The van der Waals surface area contributed by atoms with Crippen LogP contribution < -0.4 is 5.32 Å². The van der Waals surface area contributed by atoms with Crippen molar-refractivity contribution < 1.29 is 4.79 Å². The molecule has 6 heteroatoms. The van der Waals surface area contributed by atoms with Crippen LogP contribution in [0.3, 0.4) is 0 Å². The second kappa shape index (κ2) is 7.70. The molecule has 0 aliphatic heterocycles. The van der Waals surface area contributed by atoms with Crippen LogP contribution in [0.2, 0.25) is 0 Å². The zero-order valence-corrected chi connectivity index (χ0v) is 13.4. The highest BCUT2D eigenvalue weighted by molar-refractivity contribution is 5.94. The highest BCUT2D eigenvalue weighted by Gasteiger charge is 2.20. The standard InChI is InChI=1S/C16H23N5O/c1-4-10-21-12-17-19-15(21)11-20(3)13(2)16(22)18-14-8-6-5-7-9-14/h5-9,12-13H,4,10-11H2,1-3H3,(H,18,22)/t13-/m0/s1. The molecule has 1 N–H and O–H groups in total. The molecule has 0 aliphatic rings. The minimum Gasteiger partial charge on any atom is -0.325 e. The summed E-state index contributed by atoms with van der Waals surface area (Å²) in [4.78, 5) is 14.3. The monoisotopic (exact) mass is 301 g/mol. The molecular weight excluding hydrogens is 278 g/mol. The van der Waals surface area contributed by atoms with Crippen molar-refractivity contribution in [1.29, 1.82) is 0 Å². The lowest BCUT2D eigenvalue weighted by Gasteiger charge is -2.23. The Balaban J connectivity index is 1.95. The van der Waals surface area contributed by atoms with E-state index in [-0.39, 0.29) is 11.9 Å². The molecule has 118 valence electrons. The number of anilines is 1. The number of nitrogens with one attached hydrogen (secondary N) is 1. The van der Waals surface area contributed by atoms with E-state index in [0.717, 1.165) is 24.5 Å². The molecule has 1 aromatic carbocycles. The second-order valence-corrected chi connectivity index (χ2v) is 5.39. The second-order valence-electron chi connectivity index (χ2n) is 5.39. The van der Waals surface area contributed by atoms with E-state index in [1.54, 1.807) is 6.33 Å². The summed E-state index contributed by atoms with van der Waals surface area (Å²) in [5.41, 5.74) is 0.807. The van der Waals surface area contributed by atoms with E-state index >= 15 is 0 Å². The zero-order chi connectivity index (χ0) is 15.9. The molecule has 0 aliphatic carbocycles. The first-order valence-corrected chi connectivity index (χ1v) is 7.54. The van der Waals surface area contributed by atoms with Crippen LogP contribution in [0.4, 0.5) is 5.69 Å². The lowest BCUT2D eigenvalue weighted by atomic mass is 10.2. The summed E-state index contributed by atoms with van der Waals surface area (Å²) in [6.07, 6.45) is 2.76. The Kier molecular flexibility index (Phi) is 5.66. The molecule has 1 atom stereocenters. The first-order chi connectivity index (χ1) is 10.6. The van der Waals surface area contributed by atoms with Gasteiger partial charge in [-0.3, -0.25) is 9.69 Å². The van der Waals surface area contributed by atoms with E-state index < -0.39 is 0 Å². The SMILES string of the molecule is CCCn1cnnc1CN(C)[C@@H](C)C(=O)Nc1ccccc1. The Labute approximate surface area is 131 Å². The van der Waals surface area contributed by atoms with E-state index in [4.69, 9.17) is 0 Å². The maximum Gasteiger partial charge on any atom is 0.241 e. The van der Waals surface area contributed by atoms with Gasteiger partial charge in [-0.05, 0) is 32.5 Å². The predicted molar refractivity (Wildman–Crippen MR) is 86.3 cm³/mol. The summed E-state index contributed by atoms with van der Waals surface area (Å²) >= 11 is 0. The van der Waals surface area contributed by atoms with Crippen LogP contribution in [0.15, 0.2) is 36.7 Å². The van der Waals surface area contributed by atoms with Gasteiger partial charge in [0.1, 0.15) is 12.2 Å². The maximum absolute atomic E-state index is 12.3. The van der Waals surface area contributed by atoms with Gasteiger partial charge in [0.25, 0.3) is 0 Å². The van der Waals surface area contributed by atoms with Crippen molar-refractivity contribution >= 4 is 11.6 Å². The van der Waals surface area contributed by atoms with Gasteiger partial charge in [0, 0.05) is 12.2 Å². The fraction of sp³-hybridized carbons (Fsp3) is 0.438. The number of para-hydroxylation sites is 1. The molecule has 0 saturated heterocycles. The number of aryl methyl sites for hydroxylation is 1. The highest BCUT2D eigenvalue weighted by atomic mass is 16.2. The molecule has 1 aromatic heterocycles. The zero-order valence-electron chi connectivity index (χ0n) is 13.4. The van der Waals surface area contributed by atoms with Crippen LogP contribution >= 0.6 is 0 Å². The third-order valence-corrected chi connectivity index (χ3v) is 3.63. The number of likely N-dealkylation sites (N-methyl/N-ethyl adjacent to an activating group) is 1. The number of carbonyl (C=O) groups excluding carboxylic acids is 1. The fourth-order valence-corrected chi connectivity index (χ4v) is 2.16. The molecule has 0 fully saturated rings. The van der Waals surface area contributed by atoms with Gasteiger partial charge in [-0.25, -0.2) is 0 Å². The normalized spacial score (nSPS) is 12.4. The molecule has 2 aromatic rings. The van der Waals surface area contributed by atoms with Crippen molar-refractivity contribution in [3.63, 3.8) is 0 Å². The van der Waals surface area contributed by atoms with Gasteiger partial charge >= 0.3 is 0 Å².